The van der Waals surface area contributed by atoms with E-state index in [1.165, 1.54) is 5.56 Å². The molecule has 0 aliphatic rings. The molecular formula is C11H14N4. The minimum atomic E-state index is 0.679. The largest absolute Gasteiger partial charge is 0.330 e. The van der Waals surface area contributed by atoms with Crippen molar-refractivity contribution in [2.45, 2.75) is 13.3 Å². The third-order valence-electron chi connectivity index (χ3n) is 2.21. The van der Waals surface area contributed by atoms with E-state index in [0.717, 1.165) is 17.8 Å². The summed E-state index contributed by atoms with van der Waals surface area (Å²) in [5.41, 5.74) is 8.62. The highest BCUT2D eigenvalue weighted by Crippen LogP contribution is 2.08. The Balaban J connectivity index is 2.23. The van der Waals surface area contributed by atoms with Crippen LogP contribution in [-0.4, -0.2) is 21.5 Å². The minimum absolute atomic E-state index is 0.679. The van der Waals surface area contributed by atoms with Crippen molar-refractivity contribution >= 4 is 0 Å². The van der Waals surface area contributed by atoms with Crippen LogP contribution in [0.15, 0.2) is 30.5 Å². The molecule has 0 aliphatic heterocycles. The van der Waals surface area contributed by atoms with Gasteiger partial charge in [-0.2, -0.15) is 15.0 Å². The van der Waals surface area contributed by atoms with Crippen LogP contribution >= 0.6 is 0 Å². The Labute approximate surface area is 88.7 Å². The zero-order chi connectivity index (χ0) is 10.7. The fourth-order valence-corrected chi connectivity index (χ4v) is 1.43. The van der Waals surface area contributed by atoms with Gasteiger partial charge < -0.3 is 5.73 Å². The predicted octanol–water partition coefficient (Wildman–Crippen LogP) is 1.08. The van der Waals surface area contributed by atoms with E-state index < -0.39 is 0 Å². The molecule has 0 amide bonds. The summed E-state index contributed by atoms with van der Waals surface area (Å²) in [7, 11) is 0. The van der Waals surface area contributed by atoms with Gasteiger partial charge in [0.1, 0.15) is 0 Å². The maximum atomic E-state index is 5.48. The molecule has 0 atom stereocenters. The van der Waals surface area contributed by atoms with Crippen LogP contribution in [0.4, 0.5) is 0 Å². The lowest BCUT2D eigenvalue weighted by molar-refractivity contribution is 0.745. The summed E-state index contributed by atoms with van der Waals surface area (Å²) in [6, 6.07) is 8.12. The van der Waals surface area contributed by atoms with Gasteiger partial charge in [-0.15, -0.1) is 0 Å². The monoisotopic (exact) mass is 202 g/mol. The molecule has 0 saturated carbocycles. The minimum Gasteiger partial charge on any atom is -0.330 e. The first-order chi connectivity index (χ1) is 7.29. The fourth-order valence-electron chi connectivity index (χ4n) is 1.43. The Morgan fingerprint density at radius 2 is 2.00 bits per heavy atom. The van der Waals surface area contributed by atoms with Crippen LogP contribution < -0.4 is 5.73 Å². The number of aryl methyl sites for hydroxylation is 1. The lowest BCUT2D eigenvalue weighted by Gasteiger charge is -2.01. The molecule has 4 heteroatoms. The number of hydrogen-bond donors (Lipinski definition) is 1. The number of hydrogen-bond acceptors (Lipinski definition) is 3. The Morgan fingerprint density at radius 3 is 2.53 bits per heavy atom. The zero-order valence-corrected chi connectivity index (χ0v) is 8.72. The summed E-state index contributed by atoms with van der Waals surface area (Å²) in [5.74, 6) is 0. The van der Waals surface area contributed by atoms with Crippen molar-refractivity contribution in [3.63, 3.8) is 0 Å². The van der Waals surface area contributed by atoms with Crippen molar-refractivity contribution in [1.29, 1.82) is 0 Å². The van der Waals surface area contributed by atoms with Crippen molar-refractivity contribution in [2.24, 2.45) is 5.73 Å². The second-order valence-electron chi connectivity index (χ2n) is 3.48. The maximum absolute atomic E-state index is 5.48. The number of benzene rings is 1. The highest BCUT2D eigenvalue weighted by molar-refractivity contribution is 5.32. The SMILES string of the molecule is Cc1cnn(-c2ccc(CCN)cc2)n1. The molecule has 2 aromatic rings. The zero-order valence-electron chi connectivity index (χ0n) is 8.72. The quantitative estimate of drug-likeness (QED) is 0.810. The van der Waals surface area contributed by atoms with Crippen molar-refractivity contribution in [2.75, 3.05) is 6.54 Å². The highest BCUT2D eigenvalue weighted by Gasteiger charge is 1.99. The van der Waals surface area contributed by atoms with Gasteiger partial charge in [0, 0.05) is 0 Å². The molecule has 4 nitrogen and oxygen atoms in total. The first-order valence-electron chi connectivity index (χ1n) is 4.98. The summed E-state index contributed by atoms with van der Waals surface area (Å²) in [6.07, 6.45) is 2.65. The van der Waals surface area contributed by atoms with Gasteiger partial charge in [-0.3, -0.25) is 0 Å². The second-order valence-corrected chi connectivity index (χ2v) is 3.48. The van der Waals surface area contributed by atoms with Crippen molar-refractivity contribution in [1.82, 2.24) is 15.0 Å². The maximum Gasteiger partial charge on any atom is 0.0856 e. The van der Waals surface area contributed by atoms with Crippen LogP contribution in [0.1, 0.15) is 11.3 Å². The smallest absolute Gasteiger partial charge is 0.0856 e. The lowest BCUT2D eigenvalue weighted by atomic mass is 10.1. The summed E-state index contributed by atoms with van der Waals surface area (Å²) in [6.45, 7) is 2.60. The molecule has 1 aromatic heterocycles. The van der Waals surface area contributed by atoms with Crippen LogP contribution in [0, 0.1) is 6.92 Å². The van der Waals surface area contributed by atoms with E-state index in [9.17, 15) is 0 Å². The fraction of sp³-hybridized carbons (Fsp3) is 0.273. The Kier molecular flexibility index (Phi) is 2.78. The number of nitrogens with two attached hydrogens (primary N) is 1. The summed E-state index contributed by atoms with van der Waals surface area (Å²) >= 11 is 0. The van der Waals surface area contributed by atoms with E-state index >= 15 is 0 Å². The van der Waals surface area contributed by atoms with Gasteiger partial charge in [0.05, 0.1) is 17.6 Å². The molecule has 2 N–H and O–H groups in total. The topological polar surface area (TPSA) is 56.7 Å². The molecule has 78 valence electrons. The van der Waals surface area contributed by atoms with Gasteiger partial charge in [0.2, 0.25) is 0 Å². The van der Waals surface area contributed by atoms with Crippen molar-refractivity contribution < 1.29 is 0 Å². The first-order valence-corrected chi connectivity index (χ1v) is 4.98. The van der Waals surface area contributed by atoms with Crippen LogP contribution in [0.5, 0.6) is 0 Å². The Morgan fingerprint density at radius 1 is 1.27 bits per heavy atom. The lowest BCUT2D eigenvalue weighted by Crippen LogP contribution is -2.03. The molecule has 1 aromatic carbocycles. The van der Waals surface area contributed by atoms with E-state index in [0.29, 0.717) is 6.54 Å². The molecule has 15 heavy (non-hydrogen) atoms. The number of nitrogens with zero attached hydrogens (tertiary/aromatic N) is 3. The summed E-state index contributed by atoms with van der Waals surface area (Å²) < 4.78 is 0. The standard InChI is InChI=1S/C11H14N4/c1-9-8-13-15(14-9)11-4-2-10(3-5-11)6-7-12/h2-5,8H,6-7,12H2,1H3. The van der Waals surface area contributed by atoms with E-state index in [1.807, 2.05) is 19.1 Å². The van der Waals surface area contributed by atoms with E-state index in [-0.39, 0.29) is 0 Å². The first kappa shape index (κ1) is 9.86. The molecule has 0 radical (unpaired) electrons. The van der Waals surface area contributed by atoms with E-state index in [2.05, 4.69) is 22.3 Å². The van der Waals surface area contributed by atoms with Crippen LogP contribution in [0.3, 0.4) is 0 Å². The third kappa shape index (κ3) is 2.22. The molecule has 1 heterocycles. The van der Waals surface area contributed by atoms with Gasteiger partial charge in [-0.1, -0.05) is 12.1 Å². The average molecular weight is 202 g/mol. The number of aromatic nitrogens is 3. The van der Waals surface area contributed by atoms with Crippen LogP contribution in [0.25, 0.3) is 5.69 Å². The van der Waals surface area contributed by atoms with Crippen LogP contribution in [-0.2, 0) is 6.42 Å². The van der Waals surface area contributed by atoms with Gasteiger partial charge in [-0.05, 0) is 37.6 Å². The predicted molar refractivity (Wildman–Crippen MR) is 58.9 cm³/mol. The summed E-state index contributed by atoms with van der Waals surface area (Å²) in [5, 5.41) is 8.38. The van der Waals surface area contributed by atoms with Gasteiger partial charge in [0.15, 0.2) is 0 Å². The average Bonchev–Trinajstić information content (AvgIpc) is 2.67. The molecule has 0 fully saturated rings. The molecule has 0 aliphatic carbocycles. The molecular weight excluding hydrogens is 188 g/mol. The van der Waals surface area contributed by atoms with Crippen molar-refractivity contribution in [3.8, 4) is 5.69 Å². The molecule has 0 bridgehead atoms. The molecule has 2 rings (SSSR count). The van der Waals surface area contributed by atoms with Crippen LogP contribution in [0.2, 0.25) is 0 Å². The highest BCUT2D eigenvalue weighted by atomic mass is 15.5. The molecule has 0 spiro atoms. The number of rotatable bonds is 3. The Hall–Kier alpha value is -1.68. The summed E-state index contributed by atoms with van der Waals surface area (Å²) in [4.78, 5) is 1.63. The normalized spacial score (nSPS) is 10.5. The van der Waals surface area contributed by atoms with Gasteiger partial charge in [-0.25, -0.2) is 0 Å². The molecule has 0 unspecified atom stereocenters. The van der Waals surface area contributed by atoms with E-state index in [1.54, 1.807) is 11.0 Å². The van der Waals surface area contributed by atoms with E-state index in [4.69, 9.17) is 5.73 Å². The molecule has 0 saturated heterocycles. The van der Waals surface area contributed by atoms with Crippen molar-refractivity contribution in [3.05, 3.63) is 41.7 Å². The van der Waals surface area contributed by atoms with Gasteiger partial charge in [0.25, 0.3) is 0 Å². The second kappa shape index (κ2) is 4.23. The third-order valence-corrected chi connectivity index (χ3v) is 2.21. The van der Waals surface area contributed by atoms with Gasteiger partial charge >= 0.3 is 0 Å². The Bertz CT molecular complexity index is 430.